The van der Waals surface area contributed by atoms with E-state index in [9.17, 15) is 9.59 Å². The second kappa shape index (κ2) is 7.38. The number of carbonyl (C=O) groups excluding carboxylic acids is 2. The van der Waals surface area contributed by atoms with Crippen LogP contribution in [0.2, 0.25) is 0 Å². The molecule has 2 aromatic rings. The molecule has 0 bridgehead atoms. The van der Waals surface area contributed by atoms with E-state index in [1.807, 2.05) is 6.07 Å². The normalized spacial score (nSPS) is 11.5. The summed E-state index contributed by atoms with van der Waals surface area (Å²) in [6.07, 6.45) is -0.912. The van der Waals surface area contributed by atoms with Crippen LogP contribution in [0, 0.1) is 0 Å². The number of hydrogen-bond acceptors (Lipinski definition) is 4. The van der Waals surface area contributed by atoms with E-state index in [0.29, 0.717) is 16.8 Å². The third-order valence-electron chi connectivity index (χ3n) is 3.07. The van der Waals surface area contributed by atoms with Gasteiger partial charge < -0.3 is 15.2 Å². The van der Waals surface area contributed by atoms with Crippen molar-refractivity contribution >= 4 is 17.6 Å². The quantitative estimate of drug-likeness (QED) is 0.831. The lowest BCUT2D eigenvalue weighted by atomic mass is 10.1. The first-order valence-corrected chi connectivity index (χ1v) is 6.87. The monoisotopic (exact) mass is 299 g/mol. The van der Waals surface area contributed by atoms with Crippen molar-refractivity contribution in [2.24, 2.45) is 0 Å². The van der Waals surface area contributed by atoms with E-state index in [-0.39, 0.29) is 6.61 Å². The van der Waals surface area contributed by atoms with Gasteiger partial charge in [-0.2, -0.15) is 0 Å². The third kappa shape index (κ3) is 4.17. The lowest BCUT2D eigenvalue weighted by Crippen LogP contribution is -2.29. The molecule has 1 atom stereocenters. The zero-order chi connectivity index (χ0) is 15.9. The Kier molecular flexibility index (Phi) is 5.27. The van der Waals surface area contributed by atoms with Crippen molar-refractivity contribution in [1.82, 2.24) is 0 Å². The van der Waals surface area contributed by atoms with E-state index >= 15 is 0 Å². The SMILES string of the molecule is C[C@@H](OC(=O)c1ccc(CO)cc1)C(=O)Nc1ccccc1. The molecule has 5 heteroatoms. The van der Waals surface area contributed by atoms with Crippen molar-refractivity contribution in [3.8, 4) is 0 Å². The topological polar surface area (TPSA) is 75.6 Å². The molecule has 0 aliphatic heterocycles. The predicted octanol–water partition coefficient (Wildman–Crippen LogP) is 2.36. The first-order valence-electron chi connectivity index (χ1n) is 6.87. The van der Waals surface area contributed by atoms with Crippen molar-refractivity contribution in [1.29, 1.82) is 0 Å². The van der Waals surface area contributed by atoms with E-state index < -0.39 is 18.0 Å². The summed E-state index contributed by atoms with van der Waals surface area (Å²) in [7, 11) is 0. The maximum absolute atomic E-state index is 12.0. The lowest BCUT2D eigenvalue weighted by Gasteiger charge is -2.13. The maximum Gasteiger partial charge on any atom is 0.338 e. The van der Waals surface area contributed by atoms with Gasteiger partial charge in [-0.3, -0.25) is 4.79 Å². The highest BCUT2D eigenvalue weighted by atomic mass is 16.5. The van der Waals surface area contributed by atoms with E-state index in [2.05, 4.69) is 5.32 Å². The van der Waals surface area contributed by atoms with Gasteiger partial charge in [0.05, 0.1) is 12.2 Å². The molecule has 0 saturated heterocycles. The van der Waals surface area contributed by atoms with E-state index in [1.165, 1.54) is 6.92 Å². The fourth-order valence-electron chi connectivity index (χ4n) is 1.79. The van der Waals surface area contributed by atoms with Crippen LogP contribution in [0.3, 0.4) is 0 Å². The standard InChI is InChI=1S/C17H17NO4/c1-12(16(20)18-15-5-3-2-4-6-15)22-17(21)14-9-7-13(11-19)8-10-14/h2-10,12,19H,11H2,1H3,(H,18,20)/t12-/m1/s1. The number of ether oxygens (including phenoxy) is 1. The highest BCUT2D eigenvalue weighted by Gasteiger charge is 2.18. The fourth-order valence-corrected chi connectivity index (χ4v) is 1.79. The van der Waals surface area contributed by atoms with Gasteiger partial charge in [-0.05, 0) is 36.8 Å². The van der Waals surface area contributed by atoms with Crippen molar-refractivity contribution in [3.05, 3.63) is 65.7 Å². The molecule has 0 heterocycles. The zero-order valence-corrected chi connectivity index (χ0v) is 12.2. The van der Waals surface area contributed by atoms with Crippen LogP contribution in [0.4, 0.5) is 5.69 Å². The van der Waals surface area contributed by atoms with E-state index in [0.717, 1.165) is 0 Å². The average molecular weight is 299 g/mol. The van der Waals surface area contributed by atoms with E-state index in [4.69, 9.17) is 9.84 Å². The van der Waals surface area contributed by atoms with Gasteiger partial charge in [0, 0.05) is 5.69 Å². The van der Waals surface area contributed by atoms with Crippen molar-refractivity contribution < 1.29 is 19.4 Å². The van der Waals surface area contributed by atoms with Gasteiger partial charge in [0.2, 0.25) is 0 Å². The van der Waals surface area contributed by atoms with Gasteiger partial charge in [-0.15, -0.1) is 0 Å². The Morgan fingerprint density at radius 1 is 1.09 bits per heavy atom. The number of aliphatic hydroxyl groups excluding tert-OH is 1. The van der Waals surface area contributed by atoms with Crippen LogP contribution in [0.25, 0.3) is 0 Å². The van der Waals surface area contributed by atoms with Gasteiger partial charge >= 0.3 is 5.97 Å². The number of para-hydroxylation sites is 1. The number of aliphatic hydroxyl groups is 1. The van der Waals surface area contributed by atoms with Crippen molar-refractivity contribution in [2.45, 2.75) is 19.6 Å². The Labute approximate surface area is 128 Å². The summed E-state index contributed by atoms with van der Waals surface area (Å²) in [4.78, 5) is 23.9. The Morgan fingerprint density at radius 3 is 2.32 bits per heavy atom. The Balaban J connectivity index is 1.93. The molecule has 0 fully saturated rings. The summed E-state index contributed by atoms with van der Waals surface area (Å²) in [6.45, 7) is 1.42. The Bertz CT molecular complexity index is 637. The number of rotatable bonds is 5. The highest BCUT2D eigenvalue weighted by molar-refractivity contribution is 5.97. The summed E-state index contributed by atoms with van der Waals surface area (Å²) in [6, 6.07) is 15.3. The molecule has 2 rings (SSSR count). The number of anilines is 1. The Morgan fingerprint density at radius 2 is 1.73 bits per heavy atom. The molecule has 2 aromatic carbocycles. The van der Waals surface area contributed by atoms with Crippen molar-refractivity contribution in [3.63, 3.8) is 0 Å². The molecule has 0 aliphatic carbocycles. The molecule has 1 amide bonds. The fraction of sp³-hybridized carbons (Fsp3) is 0.176. The first kappa shape index (κ1) is 15.7. The molecule has 0 saturated carbocycles. The summed E-state index contributed by atoms with van der Waals surface area (Å²) < 4.78 is 5.13. The molecule has 0 unspecified atom stereocenters. The van der Waals surface area contributed by atoms with Gasteiger partial charge in [0.25, 0.3) is 5.91 Å². The molecule has 22 heavy (non-hydrogen) atoms. The summed E-state index contributed by atoms with van der Waals surface area (Å²) in [5.41, 5.74) is 1.67. The molecule has 0 aromatic heterocycles. The number of benzene rings is 2. The van der Waals surface area contributed by atoms with Gasteiger partial charge in [-0.1, -0.05) is 30.3 Å². The minimum Gasteiger partial charge on any atom is -0.449 e. The number of carbonyl (C=O) groups is 2. The molecule has 5 nitrogen and oxygen atoms in total. The van der Waals surface area contributed by atoms with Crippen LogP contribution < -0.4 is 5.32 Å². The Hall–Kier alpha value is -2.66. The van der Waals surface area contributed by atoms with Gasteiger partial charge in [0.1, 0.15) is 0 Å². The first-order chi connectivity index (χ1) is 10.6. The van der Waals surface area contributed by atoms with Crippen LogP contribution >= 0.6 is 0 Å². The van der Waals surface area contributed by atoms with Gasteiger partial charge in [-0.25, -0.2) is 4.79 Å². The van der Waals surface area contributed by atoms with Gasteiger partial charge in [0.15, 0.2) is 6.10 Å². The minimum atomic E-state index is -0.912. The van der Waals surface area contributed by atoms with Crippen LogP contribution in [0.15, 0.2) is 54.6 Å². The van der Waals surface area contributed by atoms with Crippen LogP contribution in [-0.4, -0.2) is 23.1 Å². The average Bonchev–Trinajstić information content (AvgIpc) is 2.55. The molecular formula is C17H17NO4. The minimum absolute atomic E-state index is 0.0921. The molecule has 0 aliphatic rings. The second-order valence-corrected chi connectivity index (χ2v) is 4.76. The molecule has 114 valence electrons. The number of esters is 1. The highest BCUT2D eigenvalue weighted by Crippen LogP contribution is 2.10. The summed E-state index contributed by atoms with van der Waals surface area (Å²) in [5.74, 6) is -0.980. The lowest BCUT2D eigenvalue weighted by molar-refractivity contribution is -0.123. The van der Waals surface area contributed by atoms with Crippen LogP contribution in [0.5, 0.6) is 0 Å². The predicted molar refractivity (Wildman–Crippen MR) is 82.3 cm³/mol. The maximum atomic E-state index is 12.0. The smallest absolute Gasteiger partial charge is 0.338 e. The molecule has 2 N–H and O–H groups in total. The number of hydrogen-bond donors (Lipinski definition) is 2. The number of nitrogens with one attached hydrogen (secondary N) is 1. The third-order valence-corrected chi connectivity index (χ3v) is 3.07. The molecule has 0 radical (unpaired) electrons. The second-order valence-electron chi connectivity index (χ2n) is 4.76. The largest absolute Gasteiger partial charge is 0.449 e. The zero-order valence-electron chi connectivity index (χ0n) is 12.2. The van der Waals surface area contributed by atoms with Crippen molar-refractivity contribution in [2.75, 3.05) is 5.32 Å². The van der Waals surface area contributed by atoms with E-state index in [1.54, 1.807) is 48.5 Å². The number of amides is 1. The molecule has 0 spiro atoms. The summed E-state index contributed by atoms with van der Waals surface area (Å²) in [5, 5.41) is 11.6. The molecular weight excluding hydrogens is 282 g/mol. The summed E-state index contributed by atoms with van der Waals surface area (Å²) >= 11 is 0. The van der Waals surface area contributed by atoms with Crippen LogP contribution in [-0.2, 0) is 16.1 Å². The van der Waals surface area contributed by atoms with Crippen LogP contribution in [0.1, 0.15) is 22.8 Å².